The predicted octanol–water partition coefficient (Wildman–Crippen LogP) is 2.76. The molecule has 7 heteroatoms. The van der Waals surface area contributed by atoms with Gasteiger partial charge in [-0.3, -0.25) is 4.79 Å². The van der Waals surface area contributed by atoms with E-state index in [1.165, 1.54) is 29.2 Å². The van der Waals surface area contributed by atoms with Crippen molar-refractivity contribution >= 4 is 29.1 Å². The maximum atomic E-state index is 12.7. The number of aryl methyl sites for hydroxylation is 1. The number of hydrogen-bond acceptors (Lipinski definition) is 5. The van der Waals surface area contributed by atoms with Gasteiger partial charge >= 0.3 is 5.97 Å². The number of carbonyl (C=O) groups is 1. The molecule has 18 heavy (non-hydrogen) atoms. The Kier molecular flexibility index (Phi) is 3.93. The first-order valence-electron chi connectivity index (χ1n) is 5.02. The molecular formula is C11H9FN2O2S2. The van der Waals surface area contributed by atoms with Crippen LogP contribution in [-0.4, -0.2) is 21.0 Å². The van der Waals surface area contributed by atoms with E-state index in [0.29, 0.717) is 15.1 Å². The van der Waals surface area contributed by atoms with E-state index in [9.17, 15) is 9.18 Å². The van der Waals surface area contributed by atoms with E-state index in [1.54, 1.807) is 13.0 Å². The molecule has 0 atom stereocenters. The molecular weight excluding hydrogens is 275 g/mol. The summed E-state index contributed by atoms with van der Waals surface area (Å²) in [5.41, 5.74) is 0.715. The van der Waals surface area contributed by atoms with Crippen LogP contribution in [0.2, 0.25) is 0 Å². The Morgan fingerprint density at radius 3 is 2.94 bits per heavy atom. The molecule has 0 aliphatic rings. The lowest BCUT2D eigenvalue weighted by Gasteiger charge is -1.95. The highest BCUT2D eigenvalue weighted by Gasteiger charge is 2.12. The van der Waals surface area contributed by atoms with E-state index < -0.39 is 5.97 Å². The first-order chi connectivity index (χ1) is 8.54. The van der Waals surface area contributed by atoms with Gasteiger partial charge in [-0.05, 0) is 30.8 Å². The van der Waals surface area contributed by atoms with Crippen LogP contribution < -0.4 is 0 Å². The first kappa shape index (κ1) is 13.0. The van der Waals surface area contributed by atoms with Gasteiger partial charge in [-0.2, -0.15) is 0 Å². The summed E-state index contributed by atoms with van der Waals surface area (Å²) in [7, 11) is 0. The zero-order valence-electron chi connectivity index (χ0n) is 9.38. The first-order valence-corrected chi connectivity index (χ1v) is 6.65. The number of carboxylic acid groups (broad SMARTS) is 1. The van der Waals surface area contributed by atoms with Crippen LogP contribution in [-0.2, 0) is 11.2 Å². The van der Waals surface area contributed by atoms with Crippen LogP contribution >= 0.6 is 23.1 Å². The molecule has 0 unspecified atom stereocenters. The summed E-state index contributed by atoms with van der Waals surface area (Å²) in [6.07, 6.45) is 1.11. The number of carboxylic acids is 1. The van der Waals surface area contributed by atoms with Gasteiger partial charge in [0.15, 0.2) is 4.34 Å². The van der Waals surface area contributed by atoms with E-state index in [4.69, 9.17) is 5.11 Å². The van der Waals surface area contributed by atoms with E-state index in [1.807, 2.05) is 0 Å². The molecule has 0 amide bonds. The van der Waals surface area contributed by atoms with Gasteiger partial charge in [-0.1, -0.05) is 0 Å². The quantitative estimate of drug-likeness (QED) is 0.935. The molecule has 0 saturated carbocycles. The largest absolute Gasteiger partial charge is 0.481 e. The van der Waals surface area contributed by atoms with Crippen LogP contribution in [0.25, 0.3) is 0 Å². The van der Waals surface area contributed by atoms with Gasteiger partial charge in [0.1, 0.15) is 10.8 Å². The molecule has 0 fully saturated rings. The molecule has 1 N–H and O–H groups in total. The van der Waals surface area contributed by atoms with Gasteiger partial charge < -0.3 is 5.11 Å². The monoisotopic (exact) mass is 284 g/mol. The molecule has 4 nitrogen and oxygen atoms in total. The summed E-state index contributed by atoms with van der Waals surface area (Å²) in [6, 6.07) is 2.89. The zero-order valence-corrected chi connectivity index (χ0v) is 11.0. The molecule has 2 aromatic rings. The highest BCUT2D eigenvalue weighted by atomic mass is 32.2. The fourth-order valence-corrected chi connectivity index (χ4v) is 3.37. The third-order valence-corrected chi connectivity index (χ3v) is 4.25. The smallest absolute Gasteiger partial charge is 0.308 e. The highest BCUT2D eigenvalue weighted by Crippen LogP contribution is 2.31. The Morgan fingerprint density at radius 1 is 1.56 bits per heavy atom. The molecule has 0 saturated heterocycles. The average molecular weight is 284 g/mol. The number of aliphatic carboxylic acids is 1. The Hall–Kier alpha value is -1.47. The molecule has 94 valence electrons. The molecule has 0 aliphatic heterocycles. The van der Waals surface area contributed by atoms with E-state index in [-0.39, 0.29) is 12.2 Å². The number of pyridine rings is 1. The van der Waals surface area contributed by atoms with Gasteiger partial charge in [0.2, 0.25) is 0 Å². The van der Waals surface area contributed by atoms with Crippen molar-refractivity contribution < 1.29 is 14.3 Å². The summed E-state index contributed by atoms with van der Waals surface area (Å²) < 4.78 is 13.4. The second-order valence-electron chi connectivity index (χ2n) is 3.48. The van der Waals surface area contributed by atoms with Crippen molar-refractivity contribution in [3.05, 3.63) is 34.7 Å². The molecule has 0 aliphatic carbocycles. The van der Waals surface area contributed by atoms with E-state index in [2.05, 4.69) is 9.97 Å². The van der Waals surface area contributed by atoms with Crippen LogP contribution in [0.5, 0.6) is 0 Å². The zero-order chi connectivity index (χ0) is 13.1. The van der Waals surface area contributed by atoms with Crippen LogP contribution in [0.15, 0.2) is 27.7 Å². The summed E-state index contributed by atoms with van der Waals surface area (Å²) in [6.45, 7) is 1.77. The molecule has 0 spiro atoms. The fraction of sp³-hybridized carbons (Fsp3) is 0.182. The normalized spacial score (nSPS) is 10.6. The summed E-state index contributed by atoms with van der Waals surface area (Å²) in [4.78, 5) is 19.6. The molecule has 2 rings (SSSR count). The topological polar surface area (TPSA) is 63.1 Å². The van der Waals surface area contributed by atoms with Gasteiger partial charge in [-0.25, -0.2) is 14.4 Å². The van der Waals surface area contributed by atoms with Crippen molar-refractivity contribution in [2.45, 2.75) is 22.7 Å². The number of thiazole rings is 1. The maximum absolute atomic E-state index is 12.7. The number of hydrogen-bond donors (Lipinski definition) is 1. The van der Waals surface area contributed by atoms with E-state index in [0.717, 1.165) is 11.1 Å². The Balaban J connectivity index is 2.14. The molecule has 0 bridgehead atoms. The van der Waals surface area contributed by atoms with Crippen molar-refractivity contribution in [3.63, 3.8) is 0 Å². The van der Waals surface area contributed by atoms with Crippen molar-refractivity contribution in [2.75, 3.05) is 0 Å². The molecule has 0 radical (unpaired) electrons. The Morgan fingerprint density at radius 2 is 2.33 bits per heavy atom. The summed E-state index contributed by atoms with van der Waals surface area (Å²) in [5.74, 6) is -1.26. The van der Waals surface area contributed by atoms with Crippen molar-refractivity contribution in [3.8, 4) is 0 Å². The van der Waals surface area contributed by atoms with Gasteiger partial charge in [0.25, 0.3) is 0 Å². The lowest BCUT2D eigenvalue weighted by Crippen LogP contribution is -1.99. The number of nitrogens with zero attached hydrogens (tertiary/aromatic N) is 2. The van der Waals surface area contributed by atoms with Gasteiger partial charge in [0.05, 0.1) is 18.3 Å². The third kappa shape index (κ3) is 3.27. The SMILES string of the molecule is Cc1nc(Sc2ccc(F)cn2)sc1CC(=O)O. The molecule has 2 heterocycles. The standard InChI is InChI=1S/C11H9FN2O2S2/c1-6-8(4-10(15)16)17-11(14-6)18-9-3-2-7(12)5-13-9/h2-3,5H,4H2,1H3,(H,15,16). The van der Waals surface area contributed by atoms with Crippen LogP contribution in [0.3, 0.4) is 0 Å². The van der Waals surface area contributed by atoms with Crippen molar-refractivity contribution in [2.24, 2.45) is 0 Å². The highest BCUT2D eigenvalue weighted by molar-refractivity contribution is 8.01. The van der Waals surface area contributed by atoms with Crippen molar-refractivity contribution in [1.82, 2.24) is 9.97 Å². The second-order valence-corrected chi connectivity index (χ2v) is 5.83. The molecule has 0 aromatic carbocycles. The van der Waals surface area contributed by atoms with Crippen LogP contribution in [0.4, 0.5) is 4.39 Å². The lowest BCUT2D eigenvalue weighted by molar-refractivity contribution is -0.136. The molecule has 2 aromatic heterocycles. The lowest BCUT2D eigenvalue weighted by atomic mass is 10.3. The minimum absolute atomic E-state index is 0.0269. The minimum atomic E-state index is -0.877. The summed E-state index contributed by atoms with van der Waals surface area (Å²) in [5, 5.41) is 9.37. The van der Waals surface area contributed by atoms with Crippen LogP contribution in [0, 0.1) is 12.7 Å². The van der Waals surface area contributed by atoms with E-state index >= 15 is 0 Å². The average Bonchev–Trinajstić information content (AvgIpc) is 2.62. The minimum Gasteiger partial charge on any atom is -0.481 e. The Labute approximate surface area is 111 Å². The Bertz CT molecular complexity index is 569. The van der Waals surface area contributed by atoms with Gasteiger partial charge in [-0.15, -0.1) is 11.3 Å². The predicted molar refractivity (Wildman–Crippen MR) is 66.5 cm³/mol. The third-order valence-electron chi connectivity index (χ3n) is 2.08. The second kappa shape index (κ2) is 5.45. The number of aromatic nitrogens is 2. The van der Waals surface area contributed by atoms with Crippen LogP contribution in [0.1, 0.15) is 10.6 Å². The summed E-state index contributed by atoms with van der Waals surface area (Å²) >= 11 is 2.62. The van der Waals surface area contributed by atoms with Crippen molar-refractivity contribution in [1.29, 1.82) is 0 Å². The fourth-order valence-electron chi connectivity index (χ4n) is 1.26. The number of halogens is 1. The maximum Gasteiger partial charge on any atom is 0.308 e. The number of rotatable bonds is 4. The van der Waals surface area contributed by atoms with Gasteiger partial charge in [0, 0.05) is 4.88 Å².